The summed E-state index contributed by atoms with van der Waals surface area (Å²) in [5, 5.41) is 2.47. The van der Waals surface area contributed by atoms with Crippen molar-refractivity contribution in [3.05, 3.63) is 82.2 Å². The molecular weight excluding hydrogens is 402 g/mol. The lowest BCUT2D eigenvalue weighted by molar-refractivity contribution is 0.893. The second kappa shape index (κ2) is 7.43. The summed E-state index contributed by atoms with van der Waals surface area (Å²) in [6.45, 7) is 0. The molecule has 0 radical (unpaired) electrons. The van der Waals surface area contributed by atoms with Gasteiger partial charge in [-0.25, -0.2) is 9.97 Å². The van der Waals surface area contributed by atoms with Gasteiger partial charge >= 0.3 is 0 Å². The topological polar surface area (TPSA) is 51.8 Å². The van der Waals surface area contributed by atoms with Gasteiger partial charge in [-0.2, -0.15) is 0 Å². The lowest BCUT2D eigenvalue weighted by atomic mass is 9.98. The van der Waals surface area contributed by atoms with E-state index in [4.69, 9.17) is 10.7 Å². The van der Waals surface area contributed by atoms with Crippen molar-refractivity contribution in [1.82, 2.24) is 9.97 Å². The minimum absolute atomic E-state index is 0.284. The lowest BCUT2D eigenvalue weighted by Crippen LogP contribution is -2.12. The summed E-state index contributed by atoms with van der Waals surface area (Å²) in [6.07, 6.45) is 2.95. The number of thioether (sulfide) groups is 2. The Balaban J connectivity index is 1.71. The molecule has 2 N–H and O–H groups in total. The van der Waals surface area contributed by atoms with E-state index in [1.807, 2.05) is 18.0 Å². The number of benzene rings is 2. The molecule has 4 aromatic rings. The molecule has 0 bridgehead atoms. The fourth-order valence-electron chi connectivity index (χ4n) is 3.77. The number of nitrogen functional groups attached to an aromatic ring is 1. The van der Waals surface area contributed by atoms with E-state index in [1.54, 1.807) is 11.3 Å². The first-order valence-corrected chi connectivity index (χ1v) is 12.1. The van der Waals surface area contributed by atoms with Crippen molar-refractivity contribution in [2.75, 3.05) is 12.0 Å². The minimum atomic E-state index is 0.284. The van der Waals surface area contributed by atoms with Crippen molar-refractivity contribution >= 4 is 50.9 Å². The van der Waals surface area contributed by atoms with Gasteiger partial charge in [0.05, 0.1) is 10.6 Å². The summed E-state index contributed by atoms with van der Waals surface area (Å²) in [7, 11) is 0. The van der Waals surface area contributed by atoms with Gasteiger partial charge in [0.2, 0.25) is 0 Å². The molecule has 1 aliphatic heterocycles. The van der Waals surface area contributed by atoms with E-state index in [1.165, 1.54) is 33.3 Å². The van der Waals surface area contributed by atoms with Crippen LogP contribution in [0.1, 0.15) is 32.1 Å². The van der Waals surface area contributed by atoms with Crippen LogP contribution in [0.15, 0.2) is 65.8 Å². The van der Waals surface area contributed by atoms with Crippen LogP contribution in [0.2, 0.25) is 0 Å². The Morgan fingerprint density at radius 1 is 0.964 bits per heavy atom. The van der Waals surface area contributed by atoms with E-state index in [-0.39, 0.29) is 5.25 Å². The zero-order chi connectivity index (χ0) is 19.1. The summed E-state index contributed by atoms with van der Waals surface area (Å²) in [6, 6.07) is 21.5. The van der Waals surface area contributed by atoms with Crippen LogP contribution in [-0.4, -0.2) is 16.2 Å². The van der Waals surface area contributed by atoms with Gasteiger partial charge in [-0.15, -0.1) is 23.1 Å². The fourth-order valence-corrected chi connectivity index (χ4v) is 7.22. The lowest BCUT2D eigenvalue weighted by Gasteiger charge is -2.30. The highest BCUT2D eigenvalue weighted by Gasteiger charge is 2.34. The number of hydrogen-bond acceptors (Lipinski definition) is 6. The van der Waals surface area contributed by atoms with Crippen molar-refractivity contribution in [1.29, 1.82) is 0 Å². The molecule has 3 heterocycles. The number of hydrogen-bond donors (Lipinski definition) is 1. The average Bonchev–Trinajstić information content (AvgIpc) is 3.13. The van der Waals surface area contributed by atoms with E-state index < -0.39 is 0 Å². The smallest absolute Gasteiger partial charge is 0.190 e. The molecule has 5 rings (SSSR count). The first-order chi connectivity index (χ1) is 13.7. The summed E-state index contributed by atoms with van der Waals surface area (Å²) < 4.78 is 0. The van der Waals surface area contributed by atoms with E-state index in [0.717, 1.165) is 21.8 Å². The Kier molecular flexibility index (Phi) is 4.78. The maximum atomic E-state index is 6.40. The molecule has 6 heteroatoms. The molecule has 2 aromatic carbocycles. The minimum Gasteiger partial charge on any atom is -0.383 e. The predicted octanol–water partition coefficient (Wildman–Crippen LogP) is 6.12. The van der Waals surface area contributed by atoms with E-state index in [2.05, 4.69) is 65.6 Å². The van der Waals surface area contributed by atoms with Gasteiger partial charge < -0.3 is 5.73 Å². The van der Waals surface area contributed by atoms with Crippen LogP contribution >= 0.6 is 34.9 Å². The van der Waals surface area contributed by atoms with Crippen molar-refractivity contribution < 1.29 is 0 Å². The molecule has 1 aliphatic rings. The number of rotatable bonds is 3. The molecular formula is C22H19N3S3. The maximum absolute atomic E-state index is 6.40. The average molecular weight is 422 g/mol. The van der Waals surface area contributed by atoms with E-state index in [0.29, 0.717) is 11.1 Å². The second-order valence-corrected chi connectivity index (χ2v) is 9.87. The van der Waals surface area contributed by atoms with Crippen LogP contribution in [0.4, 0.5) is 5.82 Å². The molecule has 3 nitrogen and oxygen atoms in total. The largest absolute Gasteiger partial charge is 0.383 e. The number of nitrogens with zero attached hydrogens (tertiary/aromatic N) is 2. The maximum Gasteiger partial charge on any atom is 0.190 e. The number of thiophene rings is 1. The summed E-state index contributed by atoms with van der Waals surface area (Å²) in [5.74, 6) is 0.609. The van der Waals surface area contributed by atoms with Crippen molar-refractivity contribution in [3.63, 3.8) is 0 Å². The first kappa shape index (κ1) is 18.0. The number of anilines is 1. The second-order valence-electron chi connectivity index (χ2n) is 6.75. The number of nitrogens with two attached hydrogens (primary N) is 1. The standard InChI is InChI=1S/C22H19N3S3/c1-26-22-24-20(23)17-15-12-16(13-8-4-2-5-9-13)27-18(14-10-6-3-7-11-14)19(15)28-21(17)25-22/h2-11,16,18H,12H2,1H3,(H2,23,24,25)/t16-,18+/m0/s1. The zero-order valence-electron chi connectivity index (χ0n) is 15.3. The van der Waals surface area contributed by atoms with Crippen LogP contribution in [-0.2, 0) is 6.42 Å². The highest BCUT2D eigenvalue weighted by molar-refractivity contribution is 8.00. The summed E-state index contributed by atoms with van der Waals surface area (Å²) in [4.78, 5) is 11.7. The molecule has 140 valence electrons. The Morgan fingerprint density at radius 2 is 1.64 bits per heavy atom. The van der Waals surface area contributed by atoms with Gasteiger partial charge in [0, 0.05) is 10.1 Å². The van der Waals surface area contributed by atoms with Crippen molar-refractivity contribution in [2.24, 2.45) is 0 Å². The summed E-state index contributed by atoms with van der Waals surface area (Å²) >= 11 is 5.34. The van der Waals surface area contributed by atoms with Crippen LogP contribution in [0.3, 0.4) is 0 Å². The van der Waals surface area contributed by atoms with Crippen LogP contribution < -0.4 is 5.73 Å². The Labute approximate surface area is 176 Å². The Hall–Kier alpha value is -2.02. The summed E-state index contributed by atoms with van der Waals surface area (Å²) in [5.41, 5.74) is 10.4. The monoisotopic (exact) mass is 421 g/mol. The first-order valence-electron chi connectivity index (χ1n) is 9.12. The third-order valence-electron chi connectivity index (χ3n) is 5.07. The van der Waals surface area contributed by atoms with Crippen LogP contribution in [0, 0.1) is 0 Å². The molecule has 2 aromatic heterocycles. The molecule has 28 heavy (non-hydrogen) atoms. The van der Waals surface area contributed by atoms with Gasteiger partial charge in [0.15, 0.2) is 5.16 Å². The molecule has 0 unspecified atom stereocenters. The van der Waals surface area contributed by atoms with Gasteiger partial charge in [-0.05, 0) is 29.4 Å². The van der Waals surface area contributed by atoms with E-state index in [9.17, 15) is 0 Å². The third-order valence-corrected chi connectivity index (χ3v) is 8.51. The molecule has 0 fully saturated rings. The van der Waals surface area contributed by atoms with Gasteiger partial charge in [0.1, 0.15) is 10.6 Å². The Morgan fingerprint density at radius 3 is 2.32 bits per heavy atom. The van der Waals surface area contributed by atoms with Crippen molar-refractivity contribution in [2.45, 2.75) is 22.1 Å². The molecule has 0 saturated heterocycles. The predicted molar refractivity (Wildman–Crippen MR) is 122 cm³/mol. The van der Waals surface area contributed by atoms with E-state index >= 15 is 0 Å². The highest BCUT2D eigenvalue weighted by atomic mass is 32.2. The van der Waals surface area contributed by atoms with Gasteiger partial charge in [0.25, 0.3) is 0 Å². The van der Waals surface area contributed by atoms with Gasteiger partial charge in [-0.3, -0.25) is 0 Å². The van der Waals surface area contributed by atoms with Gasteiger partial charge in [-0.1, -0.05) is 72.4 Å². The quantitative estimate of drug-likeness (QED) is 0.319. The molecule has 0 spiro atoms. The van der Waals surface area contributed by atoms with Crippen LogP contribution in [0.5, 0.6) is 0 Å². The fraction of sp³-hybridized carbons (Fsp3) is 0.182. The number of fused-ring (bicyclic) bond motifs is 3. The highest BCUT2D eigenvalue weighted by Crippen LogP contribution is 2.55. The zero-order valence-corrected chi connectivity index (χ0v) is 17.8. The van der Waals surface area contributed by atoms with Crippen molar-refractivity contribution in [3.8, 4) is 0 Å². The molecule has 0 saturated carbocycles. The third kappa shape index (κ3) is 3.09. The Bertz CT molecular complexity index is 1130. The molecule has 0 aliphatic carbocycles. The molecule has 2 atom stereocenters. The number of aromatic nitrogens is 2. The molecule has 0 amide bonds. The van der Waals surface area contributed by atoms with Crippen LogP contribution in [0.25, 0.3) is 10.2 Å². The SMILES string of the molecule is CSc1nc(N)c2c3c(sc2n1)[C@@H](c1ccccc1)S[C@H](c1ccccc1)C3. The normalized spacial score (nSPS) is 18.9.